The number of benzene rings is 1. The average Bonchev–Trinajstić information content (AvgIpc) is 3.16. The van der Waals surface area contributed by atoms with E-state index in [1.54, 1.807) is 0 Å². The molecule has 0 radical (unpaired) electrons. The number of aliphatic hydroxyl groups is 4. The van der Waals surface area contributed by atoms with Gasteiger partial charge in [-0.25, -0.2) is 0 Å². The highest BCUT2D eigenvalue weighted by Gasteiger charge is 2.33. The number of esters is 1. The molecule has 32 heavy (non-hydrogen) atoms. The van der Waals surface area contributed by atoms with Gasteiger partial charge in [-0.05, 0) is 75.2 Å². The number of rotatable bonds is 15. The number of carbonyl (C=O) groups excluding carboxylic acids is 1. The molecule has 4 atom stereocenters. The van der Waals surface area contributed by atoms with Crippen LogP contribution in [0.2, 0.25) is 0 Å². The Kier molecular flexibility index (Phi) is 12.6. The van der Waals surface area contributed by atoms with Crippen LogP contribution in [0, 0.1) is 11.8 Å². The summed E-state index contributed by atoms with van der Waals surface area (Å²) >= 11 is 0. The molecule has 6 nitrogen and oxygen atoms in total. The number of ether oxygens (including phenoxy) is 1. The van der Waals surface area contributed by atoms with Crippen LogP contribution in [0.5, 0.6) is 0 Å². The van der Waals surface area contributed by atoms with Gasteiger partial charge in [-0.15, -0.1) is 0 Å². The molecule has 1 fully saturated rings. The van der Waals surface area contributed by atoms with Crippen molar-refractivity contribution in [3.63, 3.8) is 0 Å². The molecule has 1 aromatic rings. The number of unbranched alkanes of at least 4 members (excludes halogenated alkanes) is 1. The van der Waals surface area contributed by atoms with Crippen LogP contribution in [-0.4, -0.2) is 57.9 Å². The van der Waals surface area contributed by atoms with E-state index >= 15 is 0 Å². The van der Waals surface area contributed by atoms with Gasteiger partial charge in [-0.3, -0.25) is 4.79 Å². The lowest BCUT2D eigenvalue weighted by Crippen LogP contribution is -2.25. The summed E-state index contributed by atoms with van der Waals surface area (Å²) in [5.74, 6) is 0.251. The Hall–Kier alpha value is -1.73. The fourth-order valence-electron chi connectivity index (χ4n) is 4.48. The zero-order valence-corrected chi connectivity index (χ0v) is 19.0. The first-order valence-corrected chi connectivity index (χ1v) is 12.0. The highest BCUT2D eigenvalue weighted by atomic mass is 16.6. The van der Waals surface area contributed by atoms with Gasteiger partial charge in [0, 0.05) is 6.42 Å². The largest absolute Gasteiger partial charge is 0.457 e. The molecular formula is C26H40O6. The lowest BCUT2D eigenvalue weighted by atomic mass is 9.86. The molecule has 0 aromatic heterocycles. The molecular weight excluding hydrogens is 408 g/mol. The fourth-order valence-corrected chi connectivity index (χ4v) is 4.48. The van der Waals surface area contributed by atoms with Crippen molar-refractivity contribution >= 4 is 5.97 Å². The van der Waals surface area contributed by atoms with Crippen LogP contribution in [0.3, 0.4) is 0 Å². The summed E-state index contributed by atoms with van der Waals surface area (Å²) in [5, 5.41) is 38.6. The SMILES string of the molecule is O=C(CCCC=CCC1C(O)CCC1CCC(O)CCc1ccccc1)OC(CO)CO. The van der Waals surface area contributed by atoms with E-state index in [1.165, 1.54) is 5.56 Å². The first kappa shape index (κ1) is 26.5. The molecule has 0 aliphatic heterocycles. The second-order valence-electron chi connectivity index (χ2n) is 8.90. The van der Waals surface area contributed by atoms with Crippen molar-refractivity contribution in [3.05, 3.63) is 48.0 Å². The predicted molar refractivity (Wildman–Crippen MR) is 124 cm³/mol. The van der Waals surface area contributed by atoms with Gasteiger partial charge in [0.25, 0.3) is 0 Å². The second kappa shape index (κ2) is 15.2. The van der Waals surface area contributed by atoms with Gasteiger partial charge in [0.2, 0.25) is 0 Å². The van der Waals surface area contributed by atoms with Crippen LogP contribution in [-0.2, 0) is 16.0 Å². The lowest BCUT2D eigenvalue weighted by molar-refractivity contribution is -0.153. The van der Waals surface area contributed by atoms with E-state index in [0.29, 0.717) is 12.3 Å². The third-order valence-electron chi connectivity index (χ3n) is 6.44. The number of aliphatic hydroxyl groups excluding tert-OH is 4. The Morgan fingerprint density at radius 1 is 1.09 bits per heavy atom. The topological polar surface area (TPSA) is 107 Å². The summed E-state index contributed by atoms with van der Waals surface area (Å²) in [6, 6.07) is 10.2. The van der Waals surface area contributed by atoms with E-state index in [-0.39, 0.29) is 37.8 Å². The van der Waals surface area contributed by atoms with Gasteiger partial charge >= 0.3 is 5.97 Å². The van der Waals surface area contributed by atoms with E-state index in [4.69, 9.17) is 14.9 Å². The van der Waals surface area contributed by atoms with Crippen LogP contribution in [0.1, 0.15) is 63.4 Å². The van der Waals surface area contributed by atoms with Gasteiger partial charge in [0.05, 0.1) is 25.4 Å². The molecule has 4 unspecified atom stereocenters. The maximum Gasteiger partial charge on any atom is 0.306 e. The number of allylic oxidation sites excluding steroid dienone is 2. The first-order chi connectivity index (χ1) is 15.5. The first-order valence-electron chi connectivity index (χ1n) is 12.0. The zero-order chi connectivity index (χ0) is 23.2. The van der Waals surface area contributed by atoms with Crippen molar-refractivity contribution < 1.29 is 30.0 Å². The maximum atomic E-state index is 11.6. The summed E-state index contributed by atoms with van der Waals surface area (Å²) in [6.45, 7) is -0.756. The quantitative estimate of drug-likeness (QED) is 0.187. The predicted octanol–water partition coefficient (Wildman–Crippen LogP) is 3.16. The smallest absolute Gasteiger partial charge is 0.306 e. The fraction of sp³-hybridized carbons (Fsp3) is 0.654. The molecule has 6 heteroatoms. The summed E-state index contributed by atoms with van der Waals surface area (Å²) < 4.78 is 4.94. The minimum atomic E-state index is -0.837. The number of hydrogen-bond donors (Lipinski definition) is 4. The lowest BCUT2D eigenvalue weighted by Gasteiger charge is -2.22. The highest BCUT2D eigenvalue weighted by molar-refractivity contribution is 5.69. The van der Waals surface area contributed by atoms with Crippen molar-refractivity contribution in [2.24, 2.45) is 11.8 Å². The van der Waals surface area contributed by atoms with Crippen LogP contribution >= 0.6 is 0 Å². The maximum absolute atomic E-state index is 11.6. The van der Waals surface area contributed by atoms with Gasteiger partial charge < -0.3 is 25.2 Å². The van der Waals surface area contributed by atoms with E-state index in [2.05, 4.69) is 18.2 Å². The van der Waals surface area contributed by atoms with E-state index < -0.39 is 12.1 Å². The molecule has 4 N–H and O–H groups in total. The van der Waals surface area contributed by atoms with Crippen molar-refractivity contribution in [1.82, 2.24) is 0 Å². The molecule has 1 saturated carbocycles. The molecule has 1 aliphatic carbocycles. The Morgan fingerprint density at radius 3 is 2.56 bits per heavy atom. The second-order valence-corrected chi connectivity index (χ2v) is 8.90. The molecule has 0 bridgehead atoms. The third-order valence-corrected chi connectivity index (χ3v) is 6.44. The molecule has 1 aromatic carbocycles. The van der Waals surface area contributed by atoms with E-state index in [0.717, 1.165) is 51.4 Å². The van der Waals surface area contributed by atoms with Crippen molar-refractivity contribution in [2.45, 2.75) is 82.5 Å². The minimum Gasteiger partial charge on any atom is -0.457 e. The molecule has 180 valence electrons. The van der Waals surface area contributed by atoms with Gasteiger partial charge in [0.1, 0.15) is 6.10 Å². The monoisotopic (exact) mass is 448 g/mol. The van der Waals surface area contributed by atoms with Crippen LogP contribution in [0.4, 0.5) is 0 Å². The Morgan fingerprint density at radius 2 is 1.84 bits per heavy atom. The standard InChI is InChI=1S/C26H40O6/c27-18-23(19-28)32-26(31)11-7-2-1-6-10-24-21(14-17-25(24)30)13-16-22(29)15-12-20-8-4-3-5-9-20/h1,3-6,8-9,21-25,27-30H,2,7,10-19H2. The van der Waals surface area contributed by atoms with Crippen LogP contribution < -0.4 is 0 Å². The zero-order valence-electron chi connectivity index (χ0n) is 19.0. The molecule has 2 rings (SSSR count). The minimum absolute atomic E-state index is 0.229. The van der Waals surface area contributed by atoms with Gasteiger partial charge in [0.15, 0.2) is 0 Å². The molecule has 0 saturated heterocycles. The molecule has 0 amide bonds. The van der Waals surface area contributed by atoms with Crippen LogP contribution in [0.15, 0.2) is 42.5 Å². The summed E-state index contributed by atoms with van der Waals surface area (Å²) in [5.41, 5.74) is 1.25. The Bertz CT molecular complexity index is 658. The van der Waals surface area contributed by atoms with Crippen LogP contribution in [0.25, 0.3) is 0 Å². The molecule has 0 spiro atoms. The van der Waals surface area contributed by atoms with Crippen molar-refractivity contribution in [2.75, 3.05) is 13.2 Å². The number of carbonyl (C=O) groups is 1. The van der Waals surface area contributed by atoms with Crippen molar-refractivity contribution in [3.8, 4) is 0 Å². The summed E-state index contributed by atoms with van der Waals surface area (Å²) in [7, 11) is 0. The van der Waals surface area contributed by atoms with Gasteiger partial charge in [-0.2, -0.15) is 0 Å². The average molecular weight is 449 g/mol. The Labute approximate surface area is 191 Å². The number of aryl methyl sites for hydroxylation is 1. The van der Waals surface area contributed by atoms with E-state index in [9.17, 15) is 15.0 Å². The van der Waals surface area contributed by atoms with E-state index in [1.807, 2.05) is 24.3 Å². The summed E-state index contributed by atoms with van der Waals surface area (Å²) in [6.07, 6.45) is 10.3. The van der Waals surface area contributed by atoms with Crippen molar-refractivity contribution in [1.29, 1.82) is 0 Å². The summed E-state index contributed by atoms with van der Waals surface area (Å²) in [4.78, 5) is 11.6. The third kappa shape index (κ3) is 9.82. The highest BCUT2D eigenvalue weighted by Crippen LogP contribution is 2.38. The normalized spacial score (nSPS) is 22.0. The van der Waals surface area contributed by atoms with Gasteiger partial charge in [-0.1, -0.05) is 42.5 Å². The Balaban J connectivity index is 1.63. The molecule has 1 aliphatic rings. The molecule has 0 heterocycles. The number of hydrogen-bond acceptors (Lipinski definition) is 6.